The zero-order chi connectivity index (χ0) is 14.2. The molecule has 1 N–H and O–H groups in total. The molecule has 3 atom stereocenters. The zero-order valence-corrected chi connectivity index (χ0v) is 12.0. The summed E-state index contributed by atoms with van der Waals surface area (Å²) in [6.45, 7) is 0. The molecule has 0 amide bonds. The first-order valence-corrected chi connectivity index (χ1v) is 7.38. The van der Waals surface area contributed by atoms with Gasteiger partial charge in [-0.1, -0.05) is 30.4 Å². The van der Waals surface area contributed by atoms with E-state index in [1.54, 1.807) is 7.11 Å². The summed E-state index contributed by atoms with van der Waals surface area (Å²) in [5.74, 6) is 1.93. The Morgan fingerprint density at radius 2 is 2.19 bits per heavy atom. The summed E-state index contributed by atoms with van der Waals surface area (Å²) in [7, 11) is 1.73. The summed E-state index contributed by atoms with van der Waals surface area (Å²) in [6.07, 6.45) is 9.54. The maximum Gasteiger partial charge on any atom is 0.142 e. The average molecular weight is 278 g/mol. The maximum absolute atomic E-state index is 5.54. The van der Waals surface area contributed by atoms with Gasteiger partial charge in [0.05, 0.1) is 18.8 Å². The molecular formula is C18H18N2O. The van der Waals surface area contributed by atoms with E-state index in [2.05, 4.69) is 40.7 Å². The summed E-state index contributed by atoms with van der Waals surface area (Å²) in [5, 5.41) is 3.70. The van der Waals surface area contributed by atoms with Crippen molar-refractivity contribution in [3.63, 3.8) is 0 Å². The van der Waals surface area contributed by atoms with Crippen molar-refractivity contribution < 1.29 is 4.74 Å². The third-order valence-corrected chi connectivity index (χ3v) is 4.62. The first-order valence-electron chi connectivity index (χ1n) is 7.38. The third kappa shape index (κ3) is 1.92. The fraction of sp³-hybridized carbons (Fsp3) is 0.278. The topological polar surface area (TPSA) is 34.1 Å². The van der Waals surface area contributed by atoms with Crippen molar-refractivity contribution in [1.29, 1.82) is 0 Å². The Bertz CT molecular complexity index is 681. The van der Waals surface area contributed by atoms with Crippen molar-refractivity contribution in [3.8, 4) is 5.75 Å². The van der Waals surface area contributed by atoms with E-state index >= 15 is 0 Å². The number of aromatic nitrogens is 1. The Hall–Kier alpha value is -2.29. The summed E-state index contributed by atoms with van der Waals surface area (Å²) in [4.78, 5) is 4.28. The lowest BCUT2D eigenvalue weighted by Gasteiger charge is -2.37. The van der Waals surface area contributed by atoms with Crippen LogP contribution < -0.4 is 10.1 Å². The van der Waals surface area contributed by atoms with Gasteiger partial charge in [0.15, 0.2) is 0 Å². The van der Waals surface area contributed by atoms with E-state index < -0.39 is 0 Å². The van der Waals surface area contributed by atoms with Crippen molar-refractivity contribution in [2.45, 2.75) is 18.4 Å². The lowest BCUT2D eigenvalue weighted by molar-refractivity contribution is 0.397. The smallest absolute Gasteiger partial charge is 0.142 e. The minimum atomic E-state index is 0.280. The van der Waals surface area contributed by atoms with E-state index in [0.717, 1.165) is 17.9 Å². The Morgan fingerprint density at radius 1 is 1.24 bits per heavy atom. The molecule has 1 aromatic heterocycles. The van der Waals surface area contributed by atoms with Gasteiger partial charge in [-0.25, -0.2) is 0 Å². The minimum Gasteiger partial charge on any atom is -0.495 e. The molecule has 0 saturated carbocycles. The minimum absolute atomic E-state index is 0.280. The van der Waals surface area contributed by atoms with Crippen LogP contribution in [0.2, 0.25) is 0 Å². The molecule has 1 aliphatic carbocycles. The molecule has 21 heavy (non-hydrogen) atoms. The van der Waals surface area contributed by atoms with Crippen LogP contribution >= 0.6 is 0 Å². The van der Waals surface area contributed by atoms with Gasteiger partial charge in [0.25, 0.3) is 0 Å². The molecular weight excluding hydrogens is 260 g/mol. The summed E-state index contributed by atoms with van der Waals surface area (Å²) >= 11 is 0. The molecule has 106 valence electrons. The first kappa shape index (κ1) is 12.5. The zero-order valence-electron chi connectivity index (χ0n) is 12.0. The van der Waals surface area contributed by atoms with Gasteiger partial charge in [-0.2, -0.15) is 0 Å². The average Bonchev–Trinajstić information content (AvgIpc) is 3.04. The molecule has 0 spiro atoms. The van der Waals surface area contributed by atoms with Crippen molar-refractivity contribution in [1.82, 2.24) is 4.98 Å². The number of benzene rings is 1. The Balaban J connectivity index is 1.83. The number of allylic oxidation sites excluding steroid dienone is 2. The molecule has 3 nitrogen and oxygen atoms in total. The van der Waals surface area contributed by atoms with Crippen LogP contribution in [0, 0.1) is 5.92 Å². The fourth-order valence-electron chi connectivity index (χ4n) is 3.65. The molecule has 4 rings (SSSR count). The highest BCUT2D eigenvalue weighted by Gasteiger charge is 2.38. The second-order valence-corrected chi connectivity index (χ2v) is 5.69. The standard InChI is InChI=1S/C18H18N2O/c1-21-16-9-3-8-15-13-6-2-7-14(13)17(20-18(15)16)12-5-4-10-19-11-12/h2-6,8-11,13-14,17,20H,7H2,1H3. The van der Waals surface area contributed by atoms with Gasteiger partial charge in [0.1, 0.15) is 5.75 Å². The predicted molar refractivity (Wildman–Crippen MR) is 83.6 cm³/mol. The van der Waals surface area contributed by atoms with E-state index in [9.17, 15) is 0 Å². The highest BCUT2D eigenvalue weighted by Crippen LogP contribution is 2.51. The number of pyridine rings is 1. The third-order valence-electron chi connectivity index (χ3n) is 4.62. The number of para-hydroxylation sites is 1. The SMILES string of the molecule is COc1cccc2c1NC(c1cccnc1)C1CC=CC21. The molecule has 2 aliphatic rings. The van der Waals surface area contributed by atoms with Gasteiger partial charge < -0.3 is 10.1 Å². The van der Waals surface area contributed by atoms with Crippen LogP contribution in [0.5, 0.6) is 5.75 Å². The fourth-order valence-corrected chi connectivity index (χ4v) is 3.65. The number of ether oxygens (including phenoxy) is 1. The van der Waals surface area contributed by atoms with E-state index in [1.165, 1.54) is 11.1 Å². The highest BCUT2D eigenvalue weighted by atomic mass is 16.5. The summed E-state index contributed by atoms with van der Waals surface area (Å²) in [5.41, 5.74) is 3.71. The lowest BCUT2D eigenvalue weighted by atomic mass is 9.77. The van der Waals surface area contributed by atoms with Gasteiger partial charge in [0, 0.05) is 18.3 Å². The summed E-state index contributed by atoms with van der Waals surface area (Å²) in [6, 6.07) is 10.7. The monoisotopic (exact) mass is 278 g/mol. The first-order chi connectivity index (χ1) is 10.4. The number of anilines is 1. The molecule has 0 radical (unpaired) electrons. The van der Waals surface area contributed by atoms with Crippen molar-refractivity contribution in [2.24, 2.45) is 5.92 Å². The van der Waals surface area contributed by atoms with Crippen LogP contribution in [0.4, 0.5) is 5.69 Å². The number of rotatable bonds is 2. The van der Waals surface area contributed by atoms with Crippen molar-refractivity contribution in [2.75, 3.05) is 12.4 Å². The lowest BCUT2D eigenvalue weighted by Crippen LogP contribution is -2.29. The summed E-state index contributed by atoms with van der Waals surface area (Å²) < 4.78 is 5.54. The molecule has 3 unspecified atom stereocenters. The quantitative estimate of drug-likeness (QED) is 0.845. The molecule has 1 aromatic carbocycles. The number of hydrogen-bond donors (Lipinski definition) is 1. The molecule has 1 aliphatic heterocycles. The second kappa shape index (κ2) is 4.92. The van der Waals surface area contributed by atoms with Crippen molar-refractivity contribution >= 4 is 5.69 Å². The van der Waals surface area contributed by atoms with Crippen LogP contribution in [0.25, 0.3) is 0 Å². The predicted octanol–water partition coefficient (Wildman–Crippen LogP) is 3.92. The van der Waals surface area contributed by atoms with Crippen LogP contribution in [0.3, 0.4) is 0 Å². The Labute approximate surface area is 124 Å². The number of fused-ring (bicyclic) bond motifs is 3. The highest BCUT2D eigenvalue weighted by molar-refractivity contribution is 5.67. The van der Waals surface area contributed by atoms with Gasteiger partial charge in [-0.15, -0.1) is 0 Å². The second-order valence-electron chi connectivity index (χ2n) is 5.69. The van der Waals surface area contributed by atoms with E-state index in [0.29, 0.717) is 11.8 Å². The Morgan fingerprint density at radius 3 is 3.00 bits per heavy atom. The van der Waals surface area contributed by atoms with Gasteiger partial charge in [-0.05, 0) is 35.6 Å². The van der Waals surface area contributed by atoms with E-state index in [4.69, 9.17) is 4.74 Å². The molecule has 0 saturated heterocycles. The molecule has 2 aromatic rings. The Kier molecular flexibility index (Phi) is 2.92. The van der Waals surface area contributed by atoms with E-state index in [-0.39, 0.29) is 6.04 Å². The maximum atomic E-state index is 5.54. The normalized spacial score (nSPS) is 25.9. The van der Waals surface area contributed by atoms with Gasteiger partial charge in [0.2, 0.25) is 0 Å². The van der Waals surface area contributed by atoms with Gasteiger partial charge >= 0.3 is 0 Å². The van der Waals surface area contributed by atoms with Crippen LogP contribution in [0.15, 0.2) is 54.9 Å². The van der Waals surface area contributed by atoms with Crippen LogP contribution in [0.1, 0.15) is 29.5 Å². The van der Waals surface area contributed by atoms with Gasteiger partial charge in [-0.3, -0.25) is 4.98 Å². The number of hydrogen-bond acceptors (Lipinski definition) is 3. The largest absolute Gasteiger partial charge is 0.495 e. The number of methoxy groups -OCH3 is 1. The van der Waals surface area contributed by atoms with Crippen LogP contribution in [-0.2, 0) is 0 Å². The number of nitrogens with zero attached hydrogens (tertiary/aromatic N) is 1. The van der Waals surface area contributed by atoms with Crippen molar-refractivity contribution in [3.05, 3.63) is 66.0 Å². The molecule has 0 bridgehead atoms. The molecule has 3 heteroatoms. The molecule has 2 heterocycles. The molecule has 0 fully saturated rings. The van der Waals surface area contributed by atoms with Crippen LogP contribution in [-0.4, -0.2) is 12.1 Å². The number of nitrogens with one attached hydrogen (secondary N) is 1. The van der Waals surface area contributed by atoms with E-state index in [1.807, 2.05) is 24.5 Å².